The van der Waals surface area contributed by atoms with Crippen LogP contribution in [0.3, 0.4) is 0 Å². The van der Waals surface area contributed by atoms with E-state index in [4.69, 9.17) is 9.16 Å². The van der Waals surface area contributed by atoms with E-state index in [1.54, 1.807) is 7.11 Å². The molecule has 1 rings (SSSR count). The van der Waals surface area contributed by atoms with Crippen molar-refractivity contribution in [1.29, 1.82) is 0 Å². The number of rotatable bonds is 5. The lowest BCUT2D eigenvalue weighted by Crippen LogP contribution is -2.41. The molecule has 0 saturated heterocycles. The molecule has 0 aliphatic heterocycles. The molecule has 1 atom stereocenters. The van der Waals surface area contributed by atoms with Crippen molar-refractivity contribution in [1.82, 2.24) is 0 Å². The topological polar surface area (TPSA) is 18.5 Å². The molecule has 4 heteroatoms. The van der Waals surface area contributed by atoms with Crippen molar-refractivity contribution >= 4 is 24.2 Å². The second kappa shape index (κ2) is 6.63. The number of benzene rings is 1. The van der Waals surface area contributed by atoms with Crippen LogP contribution < -0.4 is 4.74 Å². The molecule has 0 N–H and O–H groups in total. The molecule has 2 nitrogen and oxygen atoms in total. The molecule has 20 heavy (non-hydrogen) atoms. The van der Waals surface area contributed by atoms with E-state index in [0.29, 0.717) is 5.92 Å². The van der Waals surface area contributed by atoms with Crippen LogP contribution in [0.4, 0.5) is 0 Å². The van der Waals surface area contributed by atoms with Crippen LogP contribution >= 0.6 is 15.9 Å². The summed E-state index contributed by atoms with van der Waals surface area (Å²) >= 11 is 3.48. The van der Waals surface area contributed by atoms with Crippen molar-refractivity contribution in [3.05, 3.63) is 28.2 Å². The highest BCUT2D eigenvalue weighted by atomic mass is 79.9. The fourth-order valence-electron chi connectivity index (χ4n) is 1.73. The van der Waals surface area contributed by atoms with E-state index in [1.165, 1.54) is 5.56 Å². The van der Waals surface area contributed by atoms with Crippen LogP contribution in [0.5, 0.6) is 5.75 Å². The van der Waals surface area contributed by atoms with Gasteiger partial charge in [0, 0.05) is 17.0 Å². The molecule has 1 aromatic rings. The maximum absolute atomic E-state index is 6.31. The van der Waals surface area contributed by atoms with E-state index >= 15 is 0 Å². The van der Waals surface area contributed by atoms with Crippen molar-refractivity contribution < 1.29 is 9.16 Å². The molecule has 0 spiro atoms. The highest BCUT2D eigenvalue weighted by Gasteiger charge is 2.37. The summed E-state index contributed by atoms with van der Waals surface area (Å²) in [6, 6.07) is 6.18. The molecule has 0 amide bonds. The van der Waals surface area contributed by atoms with Crippen LogP contribution in [0, 0.1) is 0 Å². The summed E-state index contributed by atoms with van der Waals surface area (Å²) in [6.07, 6.45) is 0. The Hall–Kier alpha value is -0.323. The van der Waals surface area contributed by atoms with Crippen LogP contribution in [0.2, 0.25) is 18.1 Å². The van der Waals surface area contributed by atoms with Crippen molar-refractivity contribution in [2.75, 3.05) is 13.7 Å². The van der Waals surface area contributed by atoms with Gasteiger partial charge in [-0.25, -0.2) is 0 Å². The first kappa shape index (κ1) is 17.7. The first-order chi connectivity index (χ1) is 9.08. The predicted molar refractivity (Wildman–Crippen MR) is 92.3 cm³/mol. The van der Waals surface area contributed by atoms with Crippen LogP contribution in [-0.4, -0.2) is 22.0 Å². The molecule has 1 unspecified atom stereocenters. The Balaban J connectivity index is 2.80. The Morgan fingerprint density at radius 1 is 1.25 bits per heavy atom. The van der Waals surface area contributed by atoms with Gasteiger partial charge in [-0.05, 0) is 35.8 Å². The molecule has 0 aliphatic carbocycles. The lowest BCUT2D eigenvalue weighted by atomic mass is 10.0. The quantitative estimate of drug-likeness (QED) is 0.639. The minimum absolute atomic E-state index is 0.247. The maximum Gasteiger partial charge on any atom is 0.192 e. The van der Waals surface area contributed by atoms with Gasteiger partial charge in [0.1, 0.15) is 5.75 Å². The predicted octanol–water partition coefficient (Wildman–Crippen LogP) is 5.58. The summed E-state index contributed by atoms with van der Waals surface area (Å²) in [7, 11) is 0.0258. The molecular formula is C16H27BrO2Si. The second-order valence-electron chi connectivity index (χ2n) is 6.86. The average Bonchev–Trinajstić information content (AvgIpc) is 2.34. The molecule has 0 aromatic heterocycles. The lowest BCUT2D eigenvalue weighted by molar-refractivity contribution is 0.266. The van der Waals surface area contributed by atoms with E-state index in [2.05, 4.69) is 68.9 Å². The highest BCUT2D eigenvalue weighted by Crippen LogP contribution is 2.38. The number of halogens is 1. The summed E-state index contributed by atoms with van der Waals surface area (Å²) in [5.41, 5.74) is 1.20. The first-order valence-corrected chi connectivity index (χ1v) is 10.8. The Labute approximate surface area is 133 Å². The van der Waals surface area contributed by atoms with Crippen LogP contribution in [0.15, 0.2) is 22.7 Å². The summed E-state index contributed by atoms with van der Waals surface area (Å²) in [5, 5.41) is 0.247. The molecule has 0 radical (unpaired) electrons. The zero-order chi connectivity index (χ0) is 15.6. The zero-order valence-corrected chi connectivity index (χ0v) is 16.3. The van der Waals surface area contributed by atoms with Gasteiger partial charge in [-0.3, -0.25) is 0 Å². The maximum atomic E-state index is 6.31. The molecule has 0 bridgehead atoms. The number of hydrogen-bond acceptors (Lipinski definition) is 2. The average molecular weight is 359 g/mol. The van der Waals surface area contributed by atoms with Gasteiger partial charge in [-0.15, -0.1) is 0 Å². The summed E-state index contributed by atoms with van der Waals surface area (Å²) < 4.78 is 12.8. The summed E-state index contributed by atoms with van der Waals surface area (Å²) in [4.78, 5) is 0. The van der Waals surface area contributed by atoms with E-state index in [1.807, 2.05) is 6.07 Å². The van der Waals surface area contributed by atoms with Gasteiger partial charge < -0.3 is 9.16 Å². The summed E-state index contributed by atoms with van der Waals surface area (Å²) in [5.74, 6) is 1.25. The SMILES string of the molecule is COc1cc(Br)ccc1C(C)CO[Si](C)(C)C(C)(C)C. The molecule has 0 aliphatic rings. The minimum Gasteiger partial charge on any atom is -0.496 e. The molecule has 0 saturated carbocycles. The van der Waals surface area contributed by atoms with Gasteiger partial charge in [0.2, 0.25) is 0 Å². The van der Waals surface area contributed by atoms with Crippen molar-refractivity contribution in [2.24, 2.45) is 0 Å². The van der Waals surface area contributed by atoms with Crippen molar-refractivity contribution in [2.45, 2.75) is 51.7 Å². The van der Waals surface area contributed by atoms with Crippen LogP contribution in [0.1, 0.15) is 39.2 Å². The molecule has 1 aromatic carbocycles. The van der Waals surface area contributed by atoms with E-state index < -0.39 is 8.32 Å². The largest absolute Gasteiger partial charge is 0.496 e. The van der Waals surface area contributed by atoms with E-state index in [9.17, 15) is 0 Å². The van der Waals surface area contributed by atoms with E-state index in [-0.39, 0.29) is 5.04 Å². The molecular weight excluding hydrogens is 332 g/mol. The Morgan fingerprint density at radius 3 is 2.35 bits per heavy atom. The Kier molecular flexibility index (Phi) is 5.87. The fourth-order valence-corrected chi connectivity index (χ4v) is 3.17. The first-order valence-electron chi connectivity index (χ1n) is 7.06. The van der Waals surface area contributed by atoms with E-state index in [0.717, 1.165) is 16.8 Å². The van der Waals surface area contributed by atoms with Gasteiger partial charge in [0.15, 0.2) is 8.32 Å². The zero-order valence-electron chi connectivity index (χ0n) is 13.7. The third-order valence-corrected chi connectivity index (χ3v) is 9.22. The molecule has 114 valence electrons. The second-order valence-corrected chi connectivity index (χ2v) is 12.6. The van der Waals surface area contributed by atoms with Crippen molar-refractivity contribution in [3.8, 4) is 5.75 Å². The highest BCUT2D eigenvalue weighted by molar-refractivity contribution is 9.10. The Morgan fingerprint density at radius 2 is 1.85 bits per heavy atom. The van der Waals surface area contributed by atoms with Gasteiger partial charge in [-0.2, -0.15) is 0 Å². The lowest BCUT2D eigenvalue weighted by Gasteiger charge is -2.37. The number of ether oxygens (including phenoxy) is 1. The molecule has 0 heterocycles. The van der Waals surface area contributed by atoms with Gasteiger partial charge in [-0.1, -0.05) is 49.7 Å². The number of methoxy groups -OCH3 is 1. The standard InChI is InChI=1S/C16H27BrO2Si/c1-12(11-19-20(6,7)16(2,3)4)14-9-8-13(17)10-15(14)18-5/h8-10,12H,11H2,1-7H3. The monoisotopic (exact) mass is 358 g/mol. The third kappa shape index (κ3) is 4.33. The fraction of sp³-hybridized carbons (Fsp3) is 0.625. The number of hydrogen-bond donors (Lipinski definition) is 0. The van der Waals surface area contributed by atoms with Gasteiger partial charge >= 0.3 is 0 Å². The normalized spacial score (nSPS) is 14.2. The Bertz CT molecular complexity index is 452. The third-order valence-electron chi connectivity index (χ3n) is 4.23. The van der Waals surface area contributed by atoms with Crippen LogP contribution in [0.25, 0.3) is 0 Å². The van der Waals surface area contributed by atoms with Gasteiger partial charge in [0.25, 0.3) is 0 Å². The summed E-state index contributed by atoms with van der Waals surface area (Å²) in [6.45, 7) is 14.3. The smallest absolute Gasteiger partial charge is 0.192 e. The minimum atomic E-state index is -1.69. The van der Waals surface area contributed by atoms with Crippen LogP contribution in [-0.2, 0) is 4.43 Å². The van der Waals surface area contributed by atoms with Gasteiger partial charge in [0.05, 0.1) is 7.11 Å². The molecule has 0 fully saturated rings. The van der Waals surface area contributed by atoms with Crippen molar-refractivity contribution in [3.63, 3.8) is 0 Å².